The van der Waals surface area contributed by atoms with Gasteiger partial charge in [-0.3, -0.25) is 19.6 Å². The van der Waals surface area contributed by atoms with Crippen molar-refractivity contribution >= 4 is 90.4 Å². The second-order valence-corrected chi connectivity index (χ2v) is 20.8. The van der Waals surface area contributed by atoms with Gasteiger partial charge < -0.3 is 35.2 Å². The molecule has 0 spiro atoms. The molecule has 4 aromatic heterocycles. The lowest BCUT2D eigenvalue weighted by Crippen LogP contribution is -2.43. The fourth-order valence-electron chi connectivity index (χ4n) is 9.23. The summed E-state index contributed by atoms with van der Waals surface area (Å²) in [6.07, 6.45) is 11.2. The third kappa shape index (κ3) is 9.46. The van der Waals surface area contributed by atoms with E-state index in [-0.39, 0.29) is 30.0 Å². The standard InChI is InChI=1S/C27H33N5O3S.C22H22N4O3S/c1-15(2)35-21-9-18-12-28-11-17(18)8-20(21)31-24-23-19-7-6-16(26(33)32(5)13-27(3,4)34)10-22(19)36-25(23)30-14-29-24;1-11(2)29-17-6-14-9-23-8-13(14)5-16(17)26-20-19-15-4-3-12(22(27)28)7-18(15)30-21(19)25-10-24-20/h8-9,11,14-16,34H,6-7,10,12-13H2,1-5H3,(H,29,30,31);5-6,8,10-12H,3-4,7,9H2,1-2H3,(H,27,28)(H,24,25,26)/t16-;12-/m00/s1. The highest BCUT2D eigenvalue weighted by Gasteiger charge is 2.33. The third-order valence-electron chi connectivity index (χ3n) is 12.1. The number of nitrogens with zero attached hydrogens (tertiary/aromatic N) is 7. The lowest BCUT2D eigenvalue weighted by molar-refractivity contribution is -0.142. The molecule has 0 bridgehead atoms. The highest BCUT2D eigenvalue weighted by molar-refractivity contribution is 7.19. The maximum Gasteiger partial charge on any atom is 0.306 e. The Labute approximate surface area is 391 Å². The molecule has 0 saturated carbocycles. The van der Waals surface area contributed by atoms with Gasteiger partial charge in [-0.25, -0.2) is 19.9 Å². The van der Waals surface area contributed by atoms with Gasteiger partial charge in [0.15, 0.2) is 0 Å². The minimum Gasteiger partial charge on any atom is -0.489 e. The number of rotatable bonds is 12. The summed E-state index contributed by atoms with van der Waals surface area (Å²) in [5, 5.41) is 28.6. The van der Waals surface area contributed by atoms with E-state index in [0.29, 0.717) is 38.9 Å². The Morgan fingerprint density at radius 2 is 1.23 bits per heavy atom. The van der Waals surface area contributed by atoms with Gasteiger partial charge >= 0.3 is 5.97 Å². The lowest BCUT2D eigenvalue weighted by Gasteiger charge is -2.30. The van der Waals surface area contributed by atoms with E-state index in [1.54, 1.807) is 61.1 Å². The van der Waals surface area contributed by atoms with E-state index in [9.17, 15) is 19.8 Å². The number of carbonyl (C=O) groups is 2. The monoisotopic (exact) mass is 929 g/mol. The van der Waals surface area contributed by atoms with Crippen LogP contribution in [-0.2, 0) is 48.4 Å². The molecule has 0 saturated heterocycles. The summed E-state index contributed by atoms with van der Waals surface area (Å²) in [7, 11) is 1.77. The number of aryl methyl sites for hydroxylation is 2. The number of carboxylic acids is 1. The van der Waals surface area contributed by atoms with Crippen LogP contribution in [0.2, 0.25) is 0 Å². The summed E-state index contributed by atoms with van der Waals surface area (Å²) in [6, 6.07) is 8.23. The number of hydrogen-bond donors (Lipinski definition) is 4. The van der Waals surface area contributed by atoms with Crippen LogP contribution in [0.3, 0.4) is 0 Å². The maximum absolute atomic E-state index is 13.1. The van der Waals surface area contributed by atoms with Crippen molar-refractivity contribution in [1.82, 2.24) is 24.8 Å². The second kappa shape index (κ2) is 18.3. The van der Waals surface area contributed by atoms with E-state index in [2.05, 4.69) is 58.8 Å². The molecule has 66 heavy (non-hydrogen) atoms. The van der Waals surface area contributed by atoms with Crippen molar-refractivity contribution in [2.24, 2.45) is 21.8 Å². The third-order valence-corrected chi connectivity index (χ3v) is 14.4. The topological polar surface area (TPSA) is 197 Å². The van der Waals surface area contributed by atoms with Crippen LogP contribution >= 0.6 is 22.7 Å². The van der Waals surface area contributed by atoms with Crippen LogP contribution in [0.15, 0.2) is 46.9 Å². The zero-order chi connectivity index (χ0) is 46.4. The van der Waals surface area contributed by atoms with Crippen molar-refractivity contribution in [3.05, 3.63) is 80.1 Å². The average Bonchev–Trinajstić information content (AvgIpc) is 4.07. The number of nitrogens with one attached hydrogen (secondary N) is 2. The Kier molecular flexibility index (Phi) is 12.5. The van der Waals surface area contributed by atoms with Crippen molar-refractivity contribution in [3.8, 4) is 11.5 Å². The highest BCUT2D eigenvalue weighted by Crippen LogP contribution is 2.44. The summed E-state index contributed by atoms with van der Waals surface area (Å²) in [5.74, 6) is 1.99. The van der Waals surface area contributed by atoms with Crippen LogP contribution in [0, 0.1) is 11.8 Å². The van der Waals surface area contributed by atoms with Gasteiger partial charge in [0.25, 0.3) is 0 Å². The molecule has 4 aliphatic rings. The van der Waals surface area contributed by atoms with Crippen molar-refractivity contribution in [2.75, 3.05) is 24.2 Å². The molecule has 2 aromatic carbocycles. The van der Waals surface area contributed by atoms with Crippen LogP contribution in [0.4, 0.5) is 23.0 Å². The number of carboxylic acid groups (broad SMARTS) is 1. The molecule has 4 N–H and O–H groups in total. The number of thiophene rings is 2. The summed E-state index contributed by atoms with van der Waals surface area (Å²) in [5.41, 5.74) is 7.64. The molecule has 6 aromatic rings. The number of ether oxygens (including phenoxy) is 2. The molecule has 6 heterocycles. The molecule has 17 heteroatoms. The number of benzene rings is 2. The van der Waals surface area contributed by atoms with Crippen molar-refractivity contribution < 1.29 is 29.3 Å². The van der Waals surface area contributed by atoms with E-state index in [0.717, 1.165) is 101 Å². The number of anilines is 4. The number of carbonyl (C=O) groups excluding carboxylic acids is 1. The first-order chi connectivity index (χ1) is 31.6. The van der Waals surface area contributed by atoms with Gasteiger partial charge in [0.2, 0.25) is 5.91 Å². The number of fused-ring (bicyclic) bond motifs is 8. The molecule has 1 amide bonds. The van der Waals surface area contributed by atoms with Gasteiger partial charge in [-0.2, -0.15) is 0 Å². The maximum atomic E-state index is 13.1. The van der Waals surface area contributed by atoms with Gasteiger partial charge in [0.1, 0.15) is 45.5 Å². The van der Waals surface area contributed by atoms with Crippen LogP contribution in [0.5, 0.6) is 11.5 Å². The zero-order valence-electron chi connectivity index (χ0n) is 38.3. The van der Waals surface area contributed by atoms with Gasteiger partial charge in [-0.15, -0.1) is 22.7 Å². The summed E-state index contributed by atoms with van der Waals surface area (Å²) < 4.78 is 12.2. The van der Waals surface area contributed by atoms with Crippen molar-refractivity contribution in [1.29, 1.82) is 0 Å². The van der Waals surface area contributed by atoms with Crippen LogP contribution in [0.25, 0.3) is 20.4 Å². The van der Waals surface area contributed by atoms with E-state index in [4.69, 9.17) is 9.47 Å². The SMILES string of the molecule is CC(C)Oc1cc2c(cc1Nc1ncnc3sc4c(c13)CC[C@H](C(=O)N(C)CC(C)(C)O)C4)C=NC2.CC(C)Oc1cc2c(cc1Nc1ncnc3sc4c(c13)CC[C@H](C(=O)O)C4)C=NC2. The first-order valence-corrected chi connectivity index (χ1v) is 24.1. The van der Waals surface area contributed by atoms with E-state index < -0.39 is 11.6 Å². The normalized spacial score (nSPS) is 17.0. The smallest absolute Gasteiger partial charge is 0.306 e. The van der Waals surface area contributed by atoms with Gasteiger partial charge in [-0.05, 0) is 138 Å². The first-order valence-electron chi connectivity index (χ1n) is 22.5. The van der Waals surface area contributed by atoms with Crippen LogP contribution < -0.4 is 20.1 Å². The number of aliphatic carboxylic acids is 1. The fraction of sp³-hybridized carbons (Fsp3) is 0.429. The van der Waals surface area contributed by atoms with Gasteiger partial charge in [-0.1, -0.05) is 0 Å². The minimum absolute atomic E-state index is 0.0363. The molecule has 2 aliphatic carbocycles. The van der Waals surface area contributed by atoms with Crippen molar-refractivity contribution in [3.63, 3.8) is 0 Å². The minimum atomic E-state index is -0.917. The molecule has 15 nitrogen and oxygen atoms in total. The molecule has 0 unspecified atom stereocenters. The van der Waals surface area contributed by atoms with E-state index in [1.165, 1.54) is 16.0 Å². The van der Waals surface area contributed by atoms with E-state index in [1.807, 2.05) is 46.2 Å². The molecule has 0 fully saturated rings. The predicted octanol–water partition coefficient (Wildman–Crippen LogP) is 8.83. The highest BCUT2D eigenvalue weighted by atomic mass is 32.1. The molecular formula is C49H55N9O6S2. The Balaban J connectivity index is 0.000000169. The molecule has 10 rings (SSSR count). The summed E-state index contributed by atoms with van der Waals surface area (Å²) in [4.78, 5) is 57.2. The number of hydrogen-bond acceptors (Lipinski definition) is 15. The average molecular weight is 930 g/mol. The number of likely N-dealkylation sites (N-methyl/N-ethyl adjacent to an activating group) is 1. The number of aliphatic hydroxyl groups is 1. The molecule has 2 atom stereocenters. The molecule has 2 aliphatic heterocycles. The Bertz CT molecular complexity index is 2920. The largest absolute Gasteiger partial charge is 0.489 e. The number of aliphatic imine (C=N–C) groups is 2. The van der Waals surface area contributed by atoms with E-state index >= 15 is 0 Å². The predicted molar refractivity (Wildman–Crippen MR) is 261 cm³/mol. The Hall–Kier alpha value is -6.04. The first kappa shape index (κ1) is 45.1. The summed E-state index contributed by atoms with van der Waals surface area (Å²) in [6.45, 7) is 13.1. The van der Waals surface area contributed by atoms with Crippen LogP contribution in [-0.4, -0.2) is 90.8 Å². The number of amides is 1. The zero-order valence-corrected chi connectivity index (χ0v) is 39.9. The van der Waals surface area contributed by atoms with Gasteiger partial charge in [0.05, 0.1) is 59.0 Å². The fourth-order valence-corrected chi connectivity index (χ4v) is 11.8. The van der Waals surface area contributed by atoms with Gasteiger partial charge in [0, 0.05) is 41.7 Å². The molecule has 344 valence electrons. The summed E-state index contributed by atoms with van der Waals surface area (Å²) >= 11 is 3.22. The van der Waals surface area contributed by atoms with Crippen LogP contribution in [0.1, 0.15) is 97.5 Å². The Morgan fingerprint density at radius 1 is 0.758 bits per heavy atom. The second-order valence-electron chi connectivity index (χ2n) is 18.7. The molecule has 0 radical (unpaired) electrons. The van der Waals surface area contributed by atoms with Crippen molar-refractivity contribution in [2.45, 2.75) is 111 Å². The quantitative estimate of drug-likeness (QED) is 0.0912. The molecular weight excluding hydrogens is 875 g/mol. The Morgan fingerprint density at radius 3 is 1.68 bits per heavy atom. The lowest BCUT2D eigenvalue weighted by atomic mass is 9.86. The number of aromatic nitrogens is 4.